The second kappa shape index (κ2) is 14.4. The second-order valence-corrected chi connectivity index (χ2v) is 5.19. The number of hydrogen-bond donors (Lipinski definition) is 3. The molecule has 0 fully saturated rings. The lowest BCUT2D eigenvalue weighted by Crippen LogP contribution is -1.89. The molecular weight excluding hydrogens is 330 g/mol. The van der Waals surface area contributed by atoms with Crippen LogP contribution in [0.4, 0.5) is 0 Å². The Morgan fingerprint density at radius 2 is 1.29 bits per heavy atom. The van der Waals surface area contributed by atoms with Crippen molar-refractivity contribution in [1.29, 1.82) is 0 Å². The first-order chi connectivity index (χ1) is 10.9. The van der Waals surface area contributed by atoms with E-state index in [0.717, 1.165) is 11.3 Å². The summed E-state index contributed by atoms with van der Waals surface area (Å²) >= 11 is 0. The SMILES string of the molecule is C(=Cc1ccccc1)Oc1ccccc1.CCC.N.O=S(=O)(O)O. The van der Waals surface area contributed by atoms with Crippen LogP contribution in [0.15, 0.2) is 66.9 Å². The molecule has 2 rings (SSSR count). The van der Waals surface area contributed by atoms with Gasteiger partial charge in [0.1, 0.15) is 5.75 Å². The molecule has 2 aromatic carbocycles. The quantitative estimate of drug-likeness (QED) is 0.544. The van der Waals surface area contributed by atoms with Gasteiger partial charge in [0.15, 0.2) is 0 Å². The van der Waals surface area contributed by atoms with Crippen LogP contribution in [0.5, 0.6) is 5.75 Å². The van der Waals surface area contributed by atoms with Crippen LogP contribution in [0.1, 0.15) is 25.8 Å². The Kier molecular flexibility index (Phi) is 14.4. The Morgan fingerprint density at radius 1 is 0.917 bits per heavy atom. The standard InChI is InChI=1S/C14H12O.C3H8.H3N.H2O4S/c1-3-7-13(8-4-1)11-12-15-14-9-5-2-6-10-14;1-3-2;;1-5(2,3)4/h1-12H;3H2,1-2H3;1H3;(H2,1,2,3,4). The predicted molar refractivity (Wildman–Crippen MR) is 97.7 cm³/mol. The van der Waals surface area contributed by atoms with Gasteiger partial charge in [0.05, 0.1) is 6.26 Å². The minimum absolute atomic E-state index is 0. The van der Waals surface area contributed by atoms with E-state index in [2.05, 4.69) is 13.8 Å². The van der Waals surface area contributed by atoms with Crippen molar-refractivity contribution in [3.8, 4) is 5.75 Å². The number of para-hydroxylation sites is 1. The van der Waals surface area contributed by atoms with Gasteiger partial charge in [0.25, 0.3) is 0 Å². The first-order valence-electron chi connectivity index (χ1n) is 7.00. The van der Waals surface area contributed by atoms with Crippen LogP contribution in [-0.4, -0.2) is 17.5 Å². The summed E-state index contributed by atoms with van der Waals surface area (Å²) in [5.74, 6) is 0.852. The highest BCUT2D eigenvalue weighted by Crippen LogP contribution is 2.09. The number of rotatable bonds is 3. The molecule has 0 saturated carbocycles. The number of hydrogen-bond acceptors (Lipinski definition) is 4. The van der Waals surface area contributed by atoms with Gasteiger partial charge >= 0.3 is 10.4 Å². The lowest BCUT2D eigenvalue weighted by molar-refractivity contribution is 0.381. The number of ether oxygens (including phenoxy) is 1. The van der Waals surface area contributed by atoms with Crippen molar-refractivity contribution in [3.05, 3.63) is 72.5 Å². The molecule has 0 aliphatic rings. The molecule has 0 unspecified atom stereocenters. The summed E-state index contributed by atoms with van der Waals surface area (Å²) in [5.41, 5.74) is 1.13. The van der Waals surface area contributed by atoms with E-state index >= 15 is 0 Å². The molecule has 0 amide bonds. The third kappa shape index (κ3) is 17.9. The minimum Gasteiger partial charge on any atom is -0.465 e. The average Bonchev–Trinajstić information content (AvgIpc) is 2.49. The van der Waals surface area contributed by atoms with E-state index in [1.54, 1.807) is 6.26 Å². The van der Waals surface area contributed by atoms with E-state index in [-0.39, 0.29) is 6.15 Å². The van der Waals surface area contributed by atoms with Gasteiger partial charge in [0.2, 0.25) is 0 Å². The monoisotopic (exact) mass is 355 g/mol. The van der Waals surface area contributed by atoms with Gasteiger partial charge in [-0.2, -0.15) is 8.42 Å². The Balaban J connectivity index is 0. The van der Waals surface area contributed by atoms with Gasteiger partial charge in [0, 0.05) is 0 Å². The maximum Gasteiger partial charge on any atom is 0.394 e. The van der Waals surface area contributed by atoms with Crippen LogP contribution in [-0.2, 0) is 10.4 Å². The Morgan fingerprint density at radius 3 is 1.71 bits per heavy atom. The summed E-state index contributed by atoms with van der Waals surface area (Å²) in [6.45, 7) is 4.25. The fraction of sp³-hybridized carbons (Fsp3) is 0.176. The van der Waals surface area contributed by atoms with E-state index < -0.39 is 10.4 Å². The highest BCUT2D eigenvalue weighted by molar-refractivity contribution is 7.79. The lowest BCUT2D eigenvalue weighted by atomic mass is 10.2. The van der Waals surface area contributed by atoms with Crippen molar-refractivity contribution in [2.75, 3.05) is 0 Å². The van der Waals surface area contributed by atoms with E-state index in [0.29, 0.717) is 0 Å². The van der Waals surface area contributed by atoms with Crippen molar-refractivity contribution in [2.45, 2.75) is 20.3 Å². The molecule has 5 N–H and O–H groups in total. The topological polar surface area (TPSA) is 119 Å². The molecule has 0 aliphatic heterocycles. The fourth-order valence-electron chi connectivity index (χ4n) is 1.25. The summed E-state index contributed by atoms with van der Waals surface area (Å²) in [5, 5.41) is 0. The second-order valence-electron chi connectivity index (χ2n) is 4.30. The molecule has 24 heavy (non-hydrogen) atoms. The summed E-state index contributed by atoms with van der Waals surface area (Å²) in [6.07, 6.45) is 4.89. The molecule has 0 saturated heterocycles. The van der Waals surface area contributed by atoms with E-state index in [4.69, 9.17) is 22.3 Å². The largest absolute Gasteiger partial charge is 0.465 e. The van der Waals surface area contributed by atoms with E-state index in [9.17, 15) is 0 Å². The first-order valence-corrected chi connectivity index (χ1v) is 8.39. The lowest BCUT2D eigenvalue weighted by Gasteiger charge is -1.98. The molecule has 134 valence electrons. The summed E-state index contributed by atoms with van der Waals surface area (Å²) in [6, 6.07) is 19.8. The average molecular weight is 355 g/mol. The number of benzene rings is 2. The highest BCUT2D eigenvalue weighted by Gasteiger charge is 1.86. The van der Waals surface area contributed by atoms with E-state index in [1.165, 1.54) is 6.42 Å². The van der Waals surface area contributed by atoms with Gasteiger partial charge in [-0.1, -0.05) is 68.8 Å². The van der Waals surface area contributed by atoms with Crippen molar-refractivity contribution < 1.29 is 22.3 Å². The smallest absolute Gasteiger partial charge is 0.394 e. The Hall–Kier alpha value is -2.19. The molecule has 0 bridgehead atoms. The fourth-order valence-corrected chi connectivity index (χ4v) is 1.25. The van der Waals surface area contributed by atoms with Crippen LogP contribution in [0.3, 0.4) is 0 Å². The zero-order chi connectivity index (χ0) is 17.6. The molecule has 0 aliphatic carbocycles. The maximum absolute atomic E-state index is 8.74. The first kappa shape index (κ1) is 24.1. The van der Waals surface area contributed by atoms with E-state index in [1.807, 2.05) is 66.7 Å². The third-order valence-corrected chi connectivity index (χ3v) is 2.01. The summed E-state index contributed by atoms with van der Waals surface area (Å²) < 4.78 is 37.0. The molecular formula is C17H25NO5S. The zero-order valence-electron chi connectivity index (χ0n) is 13.9. The Labute approximate surface area is 144 Å². The van der Waals surface area contributed by atoms with Crippen molar-refractivity contribution in [1.82, 2.24) is 6.15 Å². The zero-order valence-corrected chi connectivity index (χ0v) is 14.7. The normalized spacial score (nSPS) is 9.67. The molecule has 2 aromatic rings. The molecule has 0 spiro atoms. The molecule has 0 atom stereocenters. The predicted octanol–water partition coefficient (Wildman–Crippen LogP) is 4.66. The maximum atomic E-state index is 8.74. The van der Waals surface area contributed by atoms with Gasteiger partial charge in [-0.3, -0.25) is 9.11 Å². The van der Waals surface area contributed by atoms with Gasteiger partial charge in [-0.25, -0.2) is 0 Å². The molecule has 0 aromatic heterocycles. The Bertz CT molecular complexity index is 635. The van der Waals surface area contributed by atoms with Crippen LogP contribution in [0.25, 0.3) is 6.08 Å². The summed E-state index contributed by atoms with van der Waals surface area (Å²) in [7, 11) is -4.67. The summed E-state index contributed by atoms with van der Waals surface area (Å²) in [4.78, 5) is 0. The third-order valence-electron chi connectivity index (χ3n) is 2.01. The van der Waals surface area contributed by atoms with Crippen LogP contribution in [0.2, 0.25) is 0 Å². The van der Waals surface area contributed by atoms with Crippen LogP contribution >= 0.6 is 0 Å². The van der Waals surface area contributed by atoms with Crippen molar-refractivity contribution >= 4 is 16.5 Å². The van der Waals surface area contributed by atoms with Gasteiger partial charge in [-0.05, 0) is 23.8 Å². The van der Waals surface area contributed by atoms with Gasteiger partial charge < -0.3 is 10.9 Å². The molecule has 0 heterocycles. The highest BCUT2D eigenvalue weighted by atomic mass is 32.3. The molecule has 7 heteroatoms. The van der Waals surface area contributed by atoms with Crippen LogP contribution < -0.4 is 10.9 Å². The molecule has 6 nitrogen and oxygen atoms in total. The van der Waals surface area contributed by atoms with Crippen molar-refractivity contribution in [2.24, 2.45) is 0 Å². The van der Waals surface area contributed by atoms with Crippen LogP contribution in [0, 0.1) is 0 Å². The molecule has 0 radical (unpaired) electrons. The minimum atomic E-state index is -4.67. The van der Waals surface area contributed by atoms with Crippen molar-refractivity contribution in [3.63, 3.8) is 0 Å². The van der Waals surface area contributed by atoms with Gasteiger partial charge in [-0.15, -0.1) is 0 Å².